The largest absolute Gasteiger partial charge is 0.344 e. The average molecular weight is 171 g/mol. The van der Waals surface area contributed by atoms with E-state index in [4.69, 9.17) is 0 Å². The summed E-state index contributed by atoms with van der Waals surface area (Å²) in [5.74, 6) is 1.13. The zero-order chi connectivity index (χ0) is 9.56. The van der Waals surface area contributed by atoms with Crippen LogP contribution < -0.4 is 0 Å². The Bertz CT molecular complexity index is 131. The van der Waals surface area contributed by atoms with Crippen molar-refractivity contribution >= 4 is 5.96 Å². The zero-order valence-corrected chi connectivity index (χ0v) is 8.96. The standard InChI is InChI=1S/C7H15N3.C2H6/c1-4-8-7-9(2)5-6-10(7)3;1-2/h4-6H2,1-3H3;1-2H3. The third kappa shape index (κ3) is 2.72. The van der Waals surface area contributed by atoms with E-state index in [1.165, 1.54) is 0 Å². The molecule has 0 amide bonds. The van der Waals surface area contributed by atoms with Gasteiger partial charge < -0.3 is 9.80 Å². The first-order chi connectivity index (χ1) is 5.75. The van der Waals surface area contributed by atoms with Gasteiger partial charge in [-0.05, 0) is 6.92 Å². The smallest absolute Gasteiger partial charge is 0.196 e. The Hall–Kier alpha value is -0.730. The van der Waals surface area contributed by atoms with Gasteiger partial charge in [0.05, 0.1) is 0 Å². The van der Waals surface area contributed by atoms with Crippen LogP contribution in [-0.4, -0.2) is 49.5 Å². The van der Waals surface area contributed by atoms with Crippen LogP contribution >= 0.6 is 0 Å². The molecule has 1 rings (SSSR count). The molecule has 3 nitrogen and oxygen atoms in total. The maximum absolute atomic E-state index is 4.35. The molecular weight excluding hydrogens is 150 g/mol. The molecule has 0 aromatic carbocycles. The lowest BCUT2D eigenvalue weighted by Gasteiger charge is -2.14. The van der Waals surface area contributed by atoms with Crippen molar-refractivity contribution < 1.29 is 0 Å². The Kier molecular flexibility index (Phi) is 5.51. The molecule has 12 heavy (non-hydrogen) atoms. The minimum Gasteiger partial charge on any atom is -0.344 e. The van der Waals surface area contributed by atoms with Crippen LogP contribution in [0.2, 0.25) is 0 Å². The Morgan fingerprint density at radius 3 is 1.92 bits per heavy atom. The SMILES string of the molecule is CC.CCN=C1N(C)CCN1C. The first kappa shape index (κ1) is 11.3. The second-order valence-corrected chi connectivity index (χ2v) is 2.62. The molecular formula is C9H21N3. The van der Waals surface area contributed by atoms with Crippen molar-refractivity contribution in [2.45, 2.75) is 20.8 Å². The number of guanidine groups is 1. The number of likely N-dealkylation sites (N-methyl/N-ethyl adjacent to an activating group) is 2. The molecule has 0 unspecified atom stereocenters. The van der Waals surface area contributed by atoms with Gasteiger partial charge in [0.2, 0.25) is 0 Å². The van der Waals surface area contributed by atoms with Gasteiger partial charge in [0.25, 0.3) is 0 Å². The van der Waals surface area contributed by atoms with E-state index in [1.807, 2.05) is 13.8 Å². The number of hydrogen-bond donors (Lipinski definition) is 0. The lowest BCUT2D eigenvalue weighted by molar-refractivity contribution is 0.553. The van der Waals surface area contributed by atoms with Crippen LogP contribution in [0.1, 0.15) is 20.8 Å². The molecule has 0 aromatic rings. The fourth-order valence-corrected chi connectivity index (χ4v) is 1.17. The van der Waals surface area contributed by atoms with Crippen molar-refractivity contribution in [3.63, 3.8) is 0 Å². The topological polar surface area (TPSA) is 18.8 Å². The summed E-state index contributed by atoms with van der Waals surface area (Å²) in [6, 6.07) is 0. The highest BCUT2D eigenvalue weighted by Crippen LogP contribution is 2.02. The highest BCUT2D eigenvalue weighted by Gasteiger charge is 2.18. The molecule has 1 saturated heterocycles. The van der Waals surface area contributed by atoms with E-state index in [1.54, 1.807) is 0 Å². The fraction of sp³-hybridized carbons (Fsp3) is 0.889. The summed E-state index contributed by atoms with van der Waals surface area (Å²) in [7, 11) is 4.16. The van der Waals surface area contributed by atoms with Crippen molar-refractivity contribution in [3.05, 3.63) is 0 Å². The highest BCUT2D eigenvalue weighted by atomic mass is 15.4. The van der Waals surface area contributed by atoms with Crippen LogP contribution in [0, 0.1) is 0 Å². The van der Waals surface area contributed by atoms with Gasteiger partial charge in [0, 0.05) is 33.7 Å². The highest BCUT2D eigenvalue weighted by molar-refractivity contribution is 5.81. The Morgan fingerprint density at radius 2 is 1.58 bits per heavy atom. The first-order valence-corrected chi connectivity index (χ1v) is 4.72. The van der Waals surface area contributed by atoms with E-state index in [2.05, 4.69) is 35.8 Å². The monoisotopic (exact) mass is 171 g/mol. The molecule has 0 radical (unpaired) electrons. The molecule has 0 N–H and O–H groups in total. The first-order valence-electron chi connectivity index (χ1n) is 4.72. The maximum Gasteiger partial charge on any atom is 0.196 e. The molecule has 0 aromatic heterocycles. The molecule has 0 saturated carbocycles. The molecule has 0 bridgehead atoms. The van der Waals surface area contributed by atoms with Gasteiger partial charge in [0.1, 0.15) is 0 Å². The Labute approximate surface area is 76.1 Å². The minimum absolute atomic E-state index is 0.879. The summed E-state index contributed by atoms with van der Waals surface area (Å²) in [5, 5.41) is 0. The van der Waals surface area contributed by atoms with E-state index < -0.39 is 0 Å². The normalized spacial score (nSPS) is 15.9. The average Bonchev–Trinajstić information content (AvgIpc) is 2.40. The predicted molar refractivity (Wildman–Crippen MR) is 54.6 cm³/mol. The van der Waals surface area contributed by atoms with Crippen LogP contribution in [-0.2, 0) is 0 Å². The Balaban J connectivity index is 0.000000561. The van der Waals surface area contributed by atoms with Crippen LogP contribution in [0.3, 0.4) is 0 Å². The molecule has 3 heteroatoms. The molecule has 1 aliphatic rings. The summed E-state index contributed by atoms with van der Waals surface area (Å²) >= 11 is 0. The second-order valence-electron chi connectivity index (χ2n) is 2.62. The predicted octanol–water partition coefficient (Wildman–Crippen LogP) is 1.27. The molecule has 72 valence electrons. The van der Waals surface area contributed by atoms with E-state index >= 15 is 0 Å². The van der Waals surface area contributed by atoms with Crippen LogP contribution in [0.25, 0.3) is 0 Å². The number of nitrogens with zero attached hydrogens (tertiary/aromatic N) is 3. The molecule has 0 aliphatic carbocycles. The van der Waals surface area contributed by atoms with Crippen LogP contribution in [0.15, 0.2) is 4.99 Å². The molecule has 1 aliphatic heterocycles. The quantitative estimate of drug-likeness (QED) is 0.591. The van der Waals surface area contributed by atoms with Gasteiger partial charge in [-0.1, -0.05) is 13.8 Å². The van der Waals surface area contributed by atoms with Gasteiger partial charge in [-0.3, -0.25) is 4.99 Å². The maximum atomic E-state index is 4.35. The van der Waals surface area contributed by atoms with E-state index in [0.29, 0.717) is 0 Å². The van der Waals surface area contributed by atoms with Gasteiger partial charge in [0.15, 0.2) is 5.96 Å². The number of aliphatic imine (C=N–C) groups is 1. The number of hydrogen-bond acceptors (Lipinski definition) is 1. The molecule has 1 heterocycles. The molecule has 0 spiro atoms. The summed E-state index contributed by atoms with van der Waals surface area (Å²) < 4.78 is 0. The molecule has 1 fully saturated rings. The van der Waals surface area contributed by atoms with Crippen molar-refractivity contribution in [1.82, 2.24) is 9.80 Å². The van der Waals surface area contributed by atoms with Gasteiger partial charge in [-0.15, -0.1) is 0 Å². The van der Waals surface area contributed by atoms with Crippen LogP contribution in [0.5, 0.6) is 0 Å². The van der Waals surface area contributed by atoms with E-state index in [-0.39, 0.29) is 0 Å². The minimum atomic E-state index is 0.879. The van der Waals surface area contributed by atoms with E-state index in [0.717, 1.165) is 25.6 Å². The third-order valence-corrected chi connectivity index (χ3v) is 1.75. The second kappa shape index (κ2) is 5.86. The van der Waals surface area contributed by atoms with Gasteiger partial charge in [-0.25, -0.2) is 0 Å². The summed E-state index contributed by atoms with van der Waals surface area (Å²) in [4.78, 5) is 8.72. The van der Waals surface area contributed by atoms with Crippen molar-refractivity contribution in [1.29, 1.82) is 0 Å². The fourth-order valence-electron chi connectivity index (χ4n) is 1.17. The lowest BCUT2D eigenvalue weighted by Crippen LogP contribution is -2.28. The molecule has 0 atom stereocenters. The van der Waals surface area contributed by atoms with Crippen molar-refractivity contribution in [2.24, 2.45) is 4.99 Å². The number of rotatable bonds is 1. The zero-order valence-electron chi connectivity index (χ0n) is 8.96. The van der Waals surface area contributed by atoms with Gasteiger partial charge in [-0.2, -0.15) is 0 Å². The van der Waals surface area contributed by atoms with Gasteiger partial charge >= 0.3 is 0 Å². The van der Waals surface area contributed by atoms with Crippen molar-refractivity contribution in [2.75, 3.05) is 33.7 Å². The summed E-state index contributed by atoms with van der Waals surface area (Å²) in [6.07, 6.45) is 0. The third-order valence-electron chi connectivity index (χ3n) is 1.75. The summed E-state index contributed by atoms with van der Waals surface area (Å²) in [6.45, 7) is 9.15. The van der Waals surface area contributed by atoms with Crippen LogP contribution in [0.4, 0.5) is 0 Å². The van der Waals surface area contributed by atoms with E-state index in [9.17, 15) is 0 Å². The summed E-state index contributed by atoms with van der Waals surface area (Å²) in [5.41, 5.74) is 0. The van der Waals surface area contributed by atoms with Crippen molar-refractivity contribution in [3.8, 4) is 0 Å². The Morgan fingerprint density at radius 1 is 1.17 bits per heavy atom. The lowest BCUT2D eigenvalue weighted by atomic mass is 10.6.